The van der Waals surface area contributed by atoms with Crippen LogP contribution in [-0.2, 0) is 18.1 Å². The quantitative estimate of drug-likeness (QED) is 0.871. The maximum Gasteiger partial charge on any atom is 0.416 e. The smallest absolute Gasteiger partial charge is 0.359 e. The Morgan fingerprint density at radius 1 is 1.24 bits per heavy atom. The number of carbonyl (C=O) groups is 1. The summed E-state index contributed by atoms with van der Waals surface area (Å²) in [7, 11) is 1.49. The van der Waals surface area contributed by atoms with Crippen LogP contribution in [0.3, 0.4) is 0 Å². The highest BCUT2D eigenvalue weighted by atomic mass is 19.4. The first-order valence-corrected chi connectivity index (χ1v) is 7.62. The van der Waals surface area contributed by atoms with Crippen LogP contribution in [0.1, 0.15) is 37.7 Å². The van der Waals surface area contributed by atoms with Crippen molar-refractivity contribution in [1.82, 2.24) is 10.1 Å². The van der Waals surface area contributed by atoms with Crippen LogP contribution in [0.4, 0.5) is 23.8 Å². The van der Waals surface area contributed by atoms with Crippen molar-refractivity contribution in [3.8, 4) is 0 Å². The summed E-state index contributed by atoms with van der Waals surface area (Å²) in [6.07, 6.45) is -4.42. The molecule has 0 aliphatic carbocycles. The lowest BCUT2D eigenvalue weighted by molar-refractivity contribution is -0.137. The molecule has 0 spiro atoms. The Hall–Kier alpha value is -2.51. The zero-order chi connectivity index (χ0) is 18.8. The van der Waals surface area contributed by atoms with Gasteiger partial charge in [-0.05, 0) is 17.7 Å². The number of carbonyl (C=O) groups excluding carboxylic acids is 1. The van der Waals surface area contributed by atoms with Gasteiger partial charge in [-0.15, -0.1) is 0 Å². The van der Waals surface area contributed by atoms with E-state index in [-0.39, 0.29) is 17.8 Å². The number of hydrogen-bond acceptors (Lipinski definition) is 3. The Balaban J connectivity index is 2.02. The standard InChI is InChI=1S/C17H20F3N3O2/c1-16(2,3)13-9-14(22-25-13)21-15(24)23(4)10-11-6-5-7-12(8-11)17(18,19)20/h5-9H,10H2,1-4H3,(H,21,22,24). The van der Waals surface area contributed by atoms with Gasteiger partial charge < -0.3 is 9.42 Å². The number of rotatable bonds is 3. The number of amides is 2. The van der Waals surface area contributed by atoms with Gasteiger partial charge in [-0.25, -0.2) is 4.79 Å². The molecule has 136 valence electrons. The number of nitrogens with zero attached hydrogens (tertiary/aromatic N) is 2. The monoisotopic (exact) mass is 355 g/mol. The second-order valence-electron chi connectivity index (χ2n) is 6.81. The van der Waals surface area contributed by atoms with Gasteiger partial charge in [-0.2, -0.15) is 13.2 Å². The van der Waals surface area contributed by atoms with Crippen LogP contribution < -0.4 is 5.32 Å². The van der Waals surface area contributed by atoms with E-state index in [2.05, 4.69) is 10.5 Å². The van der Waals surface area contributed by atoms with E-state index >= 15 is 0 Å². The van der Waals surface area contributed by atoms with E-state index in [9.17, 15) is 18.0 Å². The first-order valence-electron chi connectivity index (χ1n) is 7.62. The maximum absolute atomic E-state index is 12.7. The van der Waals surface area contributed by atoms with E-state index in [0.717, 1.165) is 12.1 Å². The van der Waals surface area contributed by atoms with Crippen LogP contribution in [0, 0.1) is 0 Å². The molecule has 1 aromatic heterocycles. The topological polar surface area (TPSA) is 58.4 Å². The lowest BCUT2D eigenvalue weighted by atomic mass is 9.93. The third-order valence-electron chi connectivity index (χ3n) is 3.51. The summed E-state index contributed by atoms with van der Waals surface area (Å²) in [5.41, 5.74) is -0.618. The molecule has 8 heteroatoms. The van der Waals surface area contributed by atoms with Gasteiger partial charge >= 0.3 is 12.2 Å². The molecular weight excluding hydrogens is 335 g/mol. The van der Waals surface area contributed by atoms with Crippen molar-refractivity contribution in [2.45, 2.75) is 38.9 Å². The normalized spacial score (nSPS) is 12.1. The molecular formula is C17H20F3N3O2. The van der Waals surface area contributed by atoms with Crippen LogP contribution >= 0.6 is 0 Å². The molecule has 1 aromatic carbocycles. The van der Waals surface area contributed by atoms with E-state index in [1.165, 1.54) is 24.1 Å². The second-order valence-corrected chi connectivity index (χ2v) is 6.81. The van der Waals surface area contributed by atoms with Crippen LogP contribution in [0.25, 0.3) is 0 Å². The van der Waals surface area contributed by atoms with Gasteiger partial charge in [-0.3, -0.25) is 5.32 Å². The van der Waals surface area contributed by atoms with Crippen molar-refractivity contribution in [3.63, 3.8) is 0 Å². The average Bonchev–Trinajstić information content (AvgIpc) is 2.95. The second kappa shape index (κ2) is 6.78. The Morgan fingerprint density at radius 3 is 2.48 bits per heavy atom. The number of benzene rings is 1. The van der Waals surface area contributed by atoms with Gasteiger partial charge in [0, 0.05) is 25.1 Å². The van der Waals surface area contributed by atoms with E-state index in [4.69, 9.17) is 4.52 Å². The Morgan fingerprint density at radius 2 is 1.92 bits per heavy atom. The predicted octanol–water partition coefficient (Wildman–Crippen LogP) is 4.65. The molecule has 0 aliphatic rings. The zero-order valence-corrected chi connectivity index (χ0v) is 14.4. The average molecular weight is 355 g/mol. The van der Waals surface area contributed by atoms with Gasteiger partial charge in [0.25, 0.3) is 0 Å². The van der Waals surface area contributed by atoms with Crippen molar-refractivity contribution >= 4 is 11.8 Å². The van der Waals surface area contributed by atoms with Crippen LogP contribution in [-0.4, -0.2) is 23.1 Å². The molecule has 0 radical (unpaired) electrons. The molecule has 1 N–H and O–H groups in total. The number of nitrogens with one attached hydrogen (secondary N) is 1. The van der Waals surface area contributed by atoms with Crippen molar-refractivity contribution in [1.29, 1.82) is 0 Å². The lowest BCUT2D eigenvalue weighted by Gasteiger charge is -2.18. The number of anilines is 1. The van der Waals surface area contributed by atoms with Crippen molar-refractivity contribution < 1.29 is 22.5 Å². The first kappa shape index (κ1) is 18.8. The molecule has 0 saturated heterocycles. The fourth-order valence-corrected chi connectivity index (χ4v) is 2.08. The largest absolute Gasteiger partial charge is 0.416 e. The number of alkyl halides is 3. The first-order chi connectivity index (χ1) is 11.5. The highest BCUT2D eigenvalue weighted by Gasteiger charge is 2.30. The van der Waals surface area contributed by atoms with Gasteiger partial charge in [0.1, 0.15) is 5.76 Å². The minimum absolute atomic E-state index is 0.0275. The Labute approximate surface area is 143 Å². The predicted molar refractivity (Wildman–Crippen MR) is 87.1 cm³/mol. The fraction of sp³-hybridized carbons (Fsp3) is 0.412. The molecule has 0 bridgehead atoms. The molecule has 0 fully saturated rings. The molecule has 2 amide bonds. The van der Waals surface area contributed by atoms with Crippen LogP contribution in [0.2, 0.25) is 0 Å². The lowest BCUT2D eigenvalue weighted by Crippen LogP contribution is -2.31. The highest BCUT2D eigenvalue weighted by Crippen LogP contribution is 2.29. The Bertz CT molecular complexity index is 748. The summed E-state index contributed by atoms with van der Waals surface area (Å²) in [6, 6.07) is 6.00. The van der Waals surface area contributed by atoms with Crippen LogP contribution in [0.15, 0.2) is 34.9 Å². The summed E-state index contributed by atoms with van der Waals surface area (Å²) in [4.78, 5) is 13.4. The van der Waals surface area contributed by atoms with E-state index in [1.807, 2.05) is 20.8 Å². The molecule has 2 aromatic rings. The number of urea groups is 1. The number of hydrogen-bond donors (Lipinski definition) is 1. The van der Waals surface area contributed by atoms with Crippen LogP contribution in [0.5, 0.6) is 0 Å². The van der Waals surface area contributed by atoms with Gasteiger partial charge in [0.2, 0.25) is 0 Å². The SMILES string of the molecule is CN(Cc1cccc(C(F)(F)F)c1)C(=O)Nc1cc(C(C)(C)C)on1. The molecule has 0 aliphatic heterocycles. The van der Waals surface area contributed by atoms with Gasteiger partial charge in [0.15, 0.2) is 5.82 Å². The molecule has 2 rings (SSSR count). The summed E-state index contributed by atoms with van der Waals surface area (Å²) < 4.78 is 43.4. The van der Waals surface area contributed by atoms with E-state index in [1.54, 1.807) is 6.07 Å². The third kappa shape index (κ3) is 4.98. The minimum atomic E-state index is -4.42. The summed E-state index contributed by atoms with van der Waals surface area (Å²) in [6.45, 7) is 5.86. The van der Waals surface area contributed by atoms with Crippen molar-refractivity contribution in [2.75, 3.05) is 12.4 Å². The zero-order valence-electron chi connectivity index (χ0n) is 14.4. The summed E-state index contributed by atoms with van der Waals surface area (Å²) in [5.74, 6) is 0.870. The summed E-state index contributed by atoms with van der Waals surface area (Å²) in [5, 5.41) is 6.34. The Kier molecular flexibility index (Phi) is 5.10. The van der Waals surface area contributed by atoms with E-state index < -0.39 is 17.8 Å². The fourth-order valence-electron chi connectivity index (χ4n) is 2.08. The molecule has 25 heavy (non-hydrogen) atoms. The van der Waals surface area contributed by atoms with Crippen molar-refractivity contribution in [2.24, 2.45) is 0 Å². The molecule has 0 atom stereocenters. The molecule has 1 heterocycles. The highest BCUT2D eigenvalue weighted by molar-refractivity contribution is 5.88. The van der Waals surface area contributed by atoms with Crippen molar-refractivity contribution in [3.05, 3.63) is 47.2 Å². The van der Waals surface area contributed by atoms with E-state index in [0.29, 0.717) is 11.3 Å². The molecule has 0 saturated carbocycles. The number of aromatic nitrogens is 1. The van der Waals surface area contributed by atoms with Gasteiger partial charge in [-0.1, -0.05) is 38.1 Å². The maximum atomic E-state index is 12.7. The summed E-state index contributed by atoms with van der Waals surface area (Å²) >= 11 is 0. The third-order valence-corrected chi connectivity index (χ3v) is 3.51. The molecule has 5 nitrogen and oxygen atoms in total. The number of halogens is 3. The molecule has 0 unspecified atom stereocenters. The van der Waals surface area contributed by atoms with Gasteiger partial charge in [0.05, 0.1) is 5.56 Å². The minimum Gasteiger partial charge on any atom is -0.359 e.